The van der Waals surface area contributed by atoms with Crippen LogP contribution in [0.1, 0.15) is 20.8 Å². The molecule has 3 aromatic carbocycles. The van der Waals surface area contributed by atoms with Crippen molar-refractivity contribution in [2.24, 2.45) is 5.41 Å². The lowest BCUT2D eigenvalue weighted by Gasteiger charge is -2.16. The number of hydrogen-bond acceptors (Lipinski definition) is 5. The number of carbonyl (C=O) groups excluding carboxylic acids is 1. The first kappa shape index (κ1) is 25.2. The van der Waals surface area contributed by atoms with E-state index in [1.54, 1.807) is 30.5 Å². The molecule has 0 aliphatic rings. The SMILES string of the molecule is CC(C)(C)C(=O)Nc1ncc2cc(-c3cccc4c3ccn4S(=O)(=O)c3cc(Cl)ccc3Cl)ccc2n1. The minimum atomic E-state index is -3.99. The van der Waals surface area contributed by atoms with Gasteiger partial charge in [-0.1, -0.05) is 62.2 Å². The van der Waals surface area contributed by atoms with Crippen LogP contribution < -0.4 is 5.32 Å². The Hall–Kier alpha value is -3.46. The normalized spacial score (nSPS) is 12.2. The van der Waals surface area contributed by atoms with Crippen LogP contribution in [-0.2, 0) is 14.8 Å². The summed E-state index contributed by atoms with van der Waals surface area (Å²) in [5, 5.41) is 4.64. The Kier molecular flexibility index (Phi) is 6.22. The molecule has 0 spiro atoms. The second-order valence-corrected chi connectivity index (χ2v) is 12.2. The van der Waals surface area contributed by atoms with E-state index in [-0.39, 0.29) is 26.8 Å². The van der Waals surface area contributed by atoms with Crippen molar-refractivity contribution >= 4 is 66.9 Å². The van der Waals surface area contributed by atoms with Crippen molar-refractivity contribution in [3.8, 4) is 11.1 Å². The molecule has 2 aromatic heterocycles. The third kappa shape index (κ3) is 4.68. The van der Waals surface area contributed by atoms with E-state index in [1.807, 2.05) is 45.0 Å². The molecule has 0 bridgehead atoms. The van der Waals surface area contributed by atoms with Gasteiger partial charge in [0.15, 0.2) is 0 Å². The van der Waals surface area contributed by atoms with Gasteiger partial charge in [-0.15, -0.1) is 0 Å². The zero-order chi connectivity index (χ0) is 26.5. The van der Waals surface area contributed by atoms with E-state index in [1.165, 1.54) is 22.3 Å². The molecule has 0 saturated heterocycles. The monoisotopic (exact) mass is 552 g/mol. The molecule has 0 aliphatic carbocycles. The van der Waals surface area contributed by atoms with Gasteiger partial charge in [0.1, 0.15) is 4.90 Å². The summed E-state index contributed by atoms with van der Waals surface area (Å²) < 4.78 is 28.1. The zero-order valence-electron chi connectivity index (χ0n) is 20.2. The van der Waals surface area contributed by atoms with Crippen molar-refractivity contribution in [1.82, 2.24) is 13.9 Å². The van der Waals surface area contributed by atoms with E-state index in [0.717, 1.165) is 21.9 Å². The van der Waals surface area contributed by atoms with Crippen molar-refractivity contribution in [3.63, 3.8) is 0 Å². The van der Waals surface area contributed by atoms with Crippen LogP contribution in [0.25, 0.3) is 32.9 Å². The highest BCUT2D eigenvalue weighted by atomic mass is 35.5. The van der Waals surface area contributed by atoms with Gasteiger partial charge >= 0.3 is 0 Å². The van der Waals surface area contributed by atoms with Crippen LogP contribution >= 0.6 is 23.2 Å². The van der Waals surface area contributed by atoms with Crippen LogP contribution in [0.3, 0.4) is 0 Å². The molecule has 10 heteroatoms. The largest absolute Gasteiger partial charge is 0.294 e. The molecule has 5 rings (SSSR count). The molecular weight excluding hydrogens is 531 g/mol. The maximum absolute atomic E-state index is 13.4. The number of rotatable bonds is 4. The van der Waals surface area contributed by atoms with Gasteiger partial charge < -0.3 is 0 Å². The summed E-state index contributed by atoms with van der Waals surface area (Å²) in [7, 11) is -3.99. The second-order valence-electron chi connectivity index (χ2n) is 9.60. The molecule has 0 radical (unpaired) electrons. The van der Waals surface area contributed by atoms with Gasteiger partial charge in [-0.3, -0.25) is 10.1 Å². The average Bonchev–Trinajstić information content (AvgIpc) is 3.30. The summed E-state index contributed by atoms with van der Waals surface area (Å²) in [6, 6.07) is 17.2. The van der Waals surface area contributed by atoms with Crippen molar-refractivity contribution in [3.05, 3.63) is 83.1 Å². The maximum Gasteiger partial charge on any atom is 0.269 e. The molecule has 0 fully saturated rings. The smallest absolute Gasteiger partial charge is 0.269 e. The number of nitrogens with zero attached hydrogens (tertiary/aromatic N) is 3. The number of benzene rings is 3. The molecule has 188 valence electrons. The molecule has 1 amide bonds. The van der Waals surface area contributed by atoms with Crippen LogP contribution in [0.4, 0.5) is 5.95 Å². The molecule has 0 saturated carbocycles. The third-order valence-corrected chi connectivity index (χ3v) is 8.33. The van der Waals surface area contributed by atoms with E-state index in [2.05, 4.69) is 15.3 Å². The standard InChI is InChI=1S/C27H22Cl2N4O3S/c1-27(2,3)25(34)32-26-30-15-17-13-16(7-10-22(17)31-26)19-5-4-6-23-20(19)11-12-33(23)37(35,36)24-14-18(28)8-9-21(24)29/h4-15H,1-3H3,(H,30,31,32,34). The van der Waals surface area contributed by atoms with Crippen LogP contribution in [0.15, 0.2) is 78.0 Å². The van der Waals surface area contributed by atoms with Crippen LogP contribution in [0, 0.1) is 5.41 Å². The van der Waals surface area contributed by atoms with E-state index >= 15 is 0 Å². The lowest BCUT2D eigenvalue weighted by atomic mass is 9.96. The molecule has 1 N–H and O–H groups in total. The number of amides is 1. The molecule has 5 aromatic rings. The van der Waals surface area contributed by atoms with Crippen LogP contribution in [0.5, 0.6) is 0 Å². The Balaban J connectivity index is 1.55. The number of fused-ring (bicyclic) bond motifs is 2. The second kappa shape index (κ2) is 9.13. The predicted molar refractivity (Wildman–Crippen MR) is 148 cm³/mol. The van der Waals surface area contributed by atoms with Gasteiger partial charge in [0.2, 0.25) is 11.9 Å². The average molecular weight is 553 g/mol. The Bertz CT molecular complexity index is 1810. The first-order valence-corrected chi connectivity index (χ1v) is 13.5. The van der Waals surface area contributed by atoms with Gasteiger partial charge in [0.05, 0.1) is 16.1 Å². The summed E-state index contributed by atoms with van der Waals surface area (Å²) in [6.45, 7) is 5.45. The molecule has 0 aliphatic heterocycles. The van der Waals surface area contributed by atoms with Gasteiger partial charge in [-0.25, -0.2) is 22.4 Å². The molecule has 0 atom stereocenters. The van der Waals surface area contributed by atoms with Gasteiger partial charge in [-0.2, -0.15) is 0 Å². The van der Waals surface area contributed by atoms with E-state index < -0.39 is 15.4 Å². The van der Waals surface area contributed by atoms with Gasteiger partial charge in [-0.05, 0) is 53.6 Å². The molecule has 2 heterocycles. The lowest BCUT2D eigenvalue weighted by Crippen LogP contribution is -2.28. The number of carbonyl (C=O) groups is 1. The highest BCUT2D eigenvalue weighted by Gasteiger charge is 2.24. The van der Waals surface area contributed by atoms with E-state index in [9.17, 15) is 13.2 Å². The van der Waals surface area contributed by atoms with Crippen LogP contribution in [0.2, 0.25) is 10.0 Å². The quantitative estimate of drug-likeness (QED) is 0.265. The van der Waals surface area contributed by atoms with Crippen LogP contribution in [-0.4, -0.2) is 28.3 Å². The summed E-state index contributed by atoms with van der Waals surface area (Å²) >= 11 is 12.3. The van der Waals surface area contributed by atoms with Crippen molar-refractivity contribution in [2.75, 3.05) is 5.32 Å². The first-order valence-electron chi connectivity index (χ1n) is 11.3. The van der Waals surface area contributed by atoms with Crippen molar-refractivity contribution in [2.45, 2.75) is 25.7 Å². The Morgan fingerprint density at radius 2 is 1.78 bits per heavy atom. The maximum atomic E-state index is 13.4. The summed E-state index contributed by atoms with van der Waals surface area (Å²) in [5.41, 5.74) is 2.32. The Morgan fingerprint density at radius 1 is 1.00 bits per heavy atom. The topological polar surface area (TPSA) is 94.0 Å². The Labute approximate surface area is 224 Å². The van der Waals surface area contributed by atoms with E-state index in [4.69, 9.17) is 23.2 Å². The summed E-state index contributed by atoms with van der Waals surface area (Å²) in [5.74, 6) is 0.0675. The number of nitrogens with one attached hydrogen (secondary N) is 1. The number of aromatic nitrogens is 3. The highest BCUT2D eigenvalue weighted by Crippen LogP contribution is 2.34. The lowest BCUT2D eigenvalue weighted by molar-refractivity contribution is -0.123. The third-order valence-electron chi connectivity index (χ3n) is 5.92. The van der Waals surface area contributed by atoms with Crippen molar-refractivity contribution < 1.29 is 13.2 Å². The fraction of sp³-hybridized carbons (Fsp3) is 0.148. The first-order chi connectivity index (χ1) is 17.4. The molecular formula is C27H22Cl2N4O3S. The number of hydrogen-bond donors (Lipinski definition) is 1. The molecule has 7 nitrogen and oxygen atoms in total. The molecule has 37 heavy (non-hydrogen) atoms. The van der Waals surface area contributed by atoms with Gasteiger partial charge in [0.25, 0.3) is 10.0 Å². The van der Waals surface area contributed by atoms with Gasteiger partial charge in [0, 0.05) is 33.6 Å². The number of halogens is 2. The fourth-order valence-corrected chi connectivity index (χ4v) is 6.02. The summed E-state index contributed by atoms with van der Waals surface area (Å²) in [6.07, 6.45) is 3.16. The van der Waals surface area contributed by atoms with Crippen molar-refractivity contribution in [1.29, 1.82) is 0 Å². The molecule has 0 unspecified atom stereocenters. The zero-order valence-corrected chi connectivity index (χ0v) is 22.5. The Morgan fingerprint density at radius 3 is 2.54 bits per heavy atom. The number of anilines is 1. The summed E-state index contributed by atoms with van der Waals surface area (Å²) in [4.78, 5) is 21.0. The predicted octanol–water partition coefficient (Wildman–Crippen LogP) is 6.78. The minimum absolute atomic E-state index is 0.0678. The van der Waals surface area contributed by atoms with E-state index in [0.29, 0.717) is 11.0 Å². The minimum Gasteiger partial charge on any atom is -0.294 e. The highest BCUT2D eigenvalue weighted by molar-refractivity contribution is 7.90. The fourth-order valence-electron chi connectivity index (χ4n) is 3.94.